The Hall–Kier alpha value is -1.12. The summed E-state index contributed by atoms with van der Waals surface area (Å²) in [4.78, 5) is 0. The molecule has 2 fully saturated rings. The maximum Gasteiger partial charge on any atom is 0.233 e. The van der Waals surface area contributed by atoms with Crippen molar-refractivity contribution in [2.75, 3.05) is 26.7 Å². The zero-order valence-electron chi connectivity index (χ0n) is 10.3. The second-order valence-corrected chi connectivity index (χ2v) is 6.90. The van der Waals surface area contributed by atoms with Crippen LogP contribution in [0.25, 0.3) is 0 Å². The number of sulfone groups is 1. The molecule has 2 saturated heterocycles. The van der Waals surface area contributed by atoms with Crippen LogP contribution in [0.2, 0.25) is 0 Å². The Morgan fingerprint density at radius 2 is 2.22 bits per heavy atom. The average Bonchev–Trinajstić information content (AvgIpc) is 2.55. The molecule has 0 aromatic carbocycles. The van der Waals surface area contributed by atoms with E-state index in [1.54, 1.807) is 7.05 Å². The minimum atomic E-state index is -3.42. The zero-order chi connectivity index (χ0) is 13.0. The maximum absolute atomic E-state index is 12.6. The first-order valence-electron chi connectivity index (χ1n) is 5.76. The van der Waals surface area contributed by atoms with Gasteiger partial charge in [-0.3, -0.25) is 10.00 Å². The second-order valence-electron chi connectivity index (χ2n) is 4.92. The van der Waals surface area contributed by atoms with Crippen molar-refractivity contribution in [1.82, 2.24) is 20.4 Å². The minimum absolute atomic E-state index is 0.143. The summed E-state index contributed by atoms with van der Waals surface area (Å²) in [6.45, 7) is 2.25. The maximum atomic E-state index is 12.6. The van der Waals surface area contributed by atoms with Crippen LogP contribution in [-0.4, -0.2) is 50.3 Å². The van der Waals surface area contributed by atoms with Crippen molar-refractivity contribution in [1.29, 1.82) is 0 Å². The molecular formula is C10H16N4O3S. The predicted octanol–water partition coefficient (Wildman–Crippen LogP) is -1.28. The van der Waals surface area contributed by atoms with E-state index < -0.39 is 15.2 Å². The number of nitrogens with zero attached hydrogens (tertiary/aromatic N) is 2. The summed E-state index contributed by atoms with van der Waals surface area (Å²) in [6, 6.07) is 1.47. The summed E-state index contributed by atoms with van der Waals surface area (Å²) < 4.78 is 31.5. The van der Waals surface area contributed by atoms with Crippen LogP contribution < -0.4 is 15.4 Å². The largest absolute Gasteiger partial charge is 0.480 e. The third kappa shape index (κ3) is 1.42. The van der Waals surface area contributed by atoms with Crippen LogP contribution in [0.3, 0.4) is 0 Å². The lowest BCUT2D eigenvalue weighted by atomic mass is 9.76. The molecule has 3 heterocycles. The smallest absolute Gasteiger partial charge is 0.233 e. The topological polar surface area (TPSA) is 85.3 Å². The van der Waals surface area contributed by atoms with Gasteiger partial charge in [-0.05, 0) is 0 Å². The van der Waals surface area contributed by atoms with Crippen molar-refractivity contribution in [3.05, 3.63) is 6.07 Å². The SMILES string of the molecule is COc1cc(S(=O)(=O)C2NCC23CNC3)n(C)n1. The number of hydrogen-bond donors (Lipinski definition) is 2. The molecule has 100 valence electrons. The zero-order valence-corrected chi connectivity index (χ0v) is 11.1. The summed E-state index contributed by atoms with van der Waals surface area (Å²) in [6.07, 6.45) is 0. The fourth-order valence-corrected chi connectivity index (χ4v) is 4.71. The van der Waals surface area contributed by atoms with Crippen LogP contribution >= 0.6 is 0 Å². The van der Waals surface area contributed by atoms with Crippen molar-refractivity contribution in [3.8, 4) is 5.88 Å². The molecule has 3 rings (SSSR count). The normalized spacial score (nSPS) is 25.6. The van der Waals surface area contributed by atoms with E-state index in [2.05, 4.69) is 15.7 Å². The van der Waals surface area contributed by atoms with Gasteiger partial charge in [0.2, 0.25) is 15.7 Å². The molecule has 2 aliphatic rings. The van der Waals surface area contributed by atoms with Gasteiger partial charge in [0, 0.05) is 38.2 Å². The van der Waals surface area contributed by atoms with Crippen LogP contribution in [0, 0.1) is 5.41 Å². The fraction of sp³-hybridized carbons (Fsp3) is 0.700. The van der Waals surface area contributed by atoms with E-state index in [4.69, 9.17) is 4.74 Å². The van der Waals surface area contributed by atoms with Crippen molar-refractivity contribution in [2.24, 2.45) is 12.5 Å². The van der Waals surface area contributed by atoms with Gasteiger partial charge in [-0.15, -0.1) is 5.10 Å². The molecule has 18 heavy (non-hydrogen) atoms. The van der Waals surface area contributed by atoms with E-state index in [1.165, 1.54) is 17.9 Å². The highest BCUT2D eigenvalue weighted by molar-refractivity contribution is 7.92. The summed E-state index contributed by atoms with van der Waals surface area (Å²) >= 11 is 0. The number of aromatic nitrogens is 2. The third-order valence-corrected chi connectivity index (χ3v) is 6.03. The highest BCUT2D eigenvalue weighted by atomic mass is 32.2. The van der Waals surface area contributed by atoms with Crippen LogP contribution in [-0.2, 0) is 16.9 Å². The standard InChI is InChI=1S/C10H16N4O3S/c1-14-8(3-7(13-14)17-2)18(15,16)9-10(6-12-9)4-11-5-10/h3,9,11-12H,4-6H2,1-2H3. The molecule has 1 atom stereocenters. The fourth-order valence-electron chi connectivity index (χ4n) is 2.58. The van der Waals surface area contributed by atoms with Crippen molar-refractivity contribution >= 4 is 9.84 Å². The van der Waals surface area contributed by atoms with E-state index in [0.717, 1.165) is 19.6 Å². The first-order chi connectivity index (χ1) is 8.49. The third-order valence-electron chi connectivity index (χ3n) is 3.78. The number of hydrogen-bond acceptors (Lipinski definition) is 6. The van der Waals surface area contributed by atoms with E-state index in [-0.39, 0.29) is 10.4 Å². The predicted molar refractivity (Wildman–Crippen MR) is 64.0 cm³/mol. The quantitative estimate of drug-likeness (QED) is 0.713. The van der Waals surface area contributed by atoms with Gasteiger partial charge < -0.3 is 10.1 Å². The number of aryl methyl sites for hydroxylation is 1. The van der Waals surface area contributed by atoms with Gasteiger partial charge in [-0.25, -0.2) is 8.42 Å². The van der Waals surface area contributed by atoms with Crippen molar-refractivity contribution < 1.29 is 13.2 Å². The first-order valence-corrected chi connectivity index (χ1v) is 7.30. The Balaban J connectivity index is 1.97. The molecule has 8 heteroatoms. The highest BCUT2D eigenvalue weighted by Crippen LogP contribution is 2.39. The molecule has 2 N–H and O–H groups in total. The molecule has 1 aromatic rings. The molecular weight excluding hydrogens is 256 g/mol. The Kier molecular flexibility index (Phi) is 2.45. The van der Waals surface area contributed by atoms with Crippen molar-refractivity contribution in [2.45, 2.75) is 10.4 Å². The summed E-state index contributed by atoms with van der Waals surface area (Å²) in [5.41, 5.74) is -0.143. The Labute approximate surface area is 105 Å². The van der Waals surface area contributed by atoms with Crippen LogP contribution in [0.4, 0.5) is 0 Å². The molecule has 7 nitrogen and oxygen atoms in total. The lowest BCUT2D eigenvalue weighted by Gasteiger charge is -2.55. The van der Waals surface area contributed by atoms with Gasteiger partial charge in [0.15, 0.2) is 5.03 Å². The van der Waals surface area contributed by atoms with E-state index in [1.807, 2.05) is 0 Å². The molecule has 1 unspecified atom stereocenters. The molecule has 0 saturated carbocycles. The number of rotatable bonds is 3. The monoisotopic (exact) mass is 272 g/mol. The van der Waals surface area contributed by atoms with E-state index in [9.17, 15) is 8.42 Å². The lowest BCUT2D eigenvalue weighted by Crippen LogP contribution is -2.77. The minimum Gasteiger partial charge on any atom is -0.480 e. The van der Waals surface area contributed by atoms with Crippen LogP contribution in [0.1, 0.15) is 0 Å². The molecule has 0 aliphatic carbocycles. The second kappa shape index (κ2) is 3.69. The molecule has 0 amide bonds. The summed E-state index contributed by atoms with van der Waals surface area (Å²) in [5.74, 6) is 0.316. The molecule has 1 spiro atoms. The lowest BCUT2D eigenvalue weighted by molar-refractivity contribution is 0.0639. The number of ether oxygens (including phenoxy) is 1. The molecule has 0 bridgehead atoms. The molecule has 0 radical (unpaired) electrons. The molecule has 2 aliphatic heterocycles. The van der Waals surface area contributed by atoms with E-state index >= 15 is 0 Å². The van der Waals surface area contributed by atoms with Gasteiger partial charge in [0.25, 0.3) is 0 Å². The number of methoxy groups -OCH3 is 1. The van der Waals surface area contributed by atoms with E-state index in [0.29, 0.717) is 5.88 Å². The summed E-state index contributed by atoms with van der Waals surface area (Å²) in [5, 5.41) is 9.83. The Morgan fingerprint density at radius 1 is 1.50 bits per heavy atom. The van der Waals surface area contributed by atoms with Crippen LogP contribution in [0.5, 0.6) is 5.88 Å². The number of nitrogens with one attached hydrogen (secondary N) is 2. The first kappa shape index (κ1) is 11.9. The summed E-state index contributed by atoms with van der Waals surface area (Å²) in [7, 11) is -0.341. The van der Waals surface area contributed by atoms with Gasteiger partial charge in [-0.2, -0.15) is 0 Å². The molecule has 1 aromatic heterocycles. The highest BCUT2D eigenvalue weighted by Gasteiger charge is 2.57. The Bertz CT molecular complexity index is 570. The van der Waals surface area contributed by atoms with Crippen molar-refractivity contribution in [3.63, 3.8) is 0 Å². The van der Waals surface area contributed by atoms with Gasteiger partial charge >= 0.3 is 0 Å². The van der Waals surface area contributed by atoms with Gasteiger partial charge in [-0.1, -0.05) is 0 Å². The van der Waals surface area contributed by atoms with Gasteiger partial charge in [0.05, 0.1) is 7.11 Å². The van der Waals surface area contributed by atoms with Gasteiger partial charge in [0.1, 0.15) is 5.37 Å². The van der Waals surface area contributed by atoms with Crippen LogP contribution in [0.15, 0.2) is 11.1 Å². The Morgan fingerprint density at radius 3 is 2.61 bits per heavy atom. The average molecular weight is 272 g/mol.